The van der Waals surface area contributed by atoms with Crippen LogP contribution < -0.4 is 0 Å². The monoisotopic (exact) mass is 340 g/mol. The summed E-state index contributed by atoms with van der Waals surface area (Å²) in [5.74, 6) is -0.0946. The lowest BCUT2D eigenvalue weighted by atomic mass is 9.90. The number of esters is 1. The average molecular weight is 340 g/mol. The van der Waals surface area contributed by atoms with Crippen LogP contribution in [0.5, 0.6) is 0 Å². The second kappa shape index (κ2) is 7.85. The molecule has 1 N–H and O–H groups in total. The van der Waals surface area contributed by atoms with Gasteiger partial charge in [0.15, 0.2) is 5.76 Å². The number of ether oxygens (including phenoxy) is 3. The van der Waals surface area contributed by atoms with E-state index in [-0.39, 0.29) is 24.9 Å². The summed E-state index contributed by atoms with van der Waals surface area (Å²) in [6, 6.07) is 9.42. The van der Waals surface area contributed by atoms with Crippen LogP contribution >= 0.6 is 0 Å². The van der Waals surface area contributed by atoms with Gasteiger partial charge in [-0.25, -0.2) is 4.79 Å². The Kier molecular flexibility index (Phi) is 5.36. The third-order valence-electron chi connectivity index (χ3n) is 3.92. The molecule has 5 nitrogen and oxygen atoms in total. The Balaban J connectivity index is 1.61. The number of hydrogen-bond acceptors (Lipinski definition) is 5. The van der Waals surface area contributed by atoms with E-state index in [0.717, 1.165) is 16.7 Å². The Morgan fingerprint density at radius 2 is 2.08 bits per heavy atom. The third-order valence-corrected chi connectivity index (χ3v) is 3.92. The zero-order chi connectivity index (χ0) is 17.6. The van der Waals surface area contributed by atoms with Crippen molar-refractivity contribution in [3.8, 4) is 0 Å². The first-order chi connectivity index (χ1) is 12.2. The summed E-state index contributed by atoms with van der Waals surface area (Å²) in [7, 11) is 0. The van der Waals surface area contributed by atoms with Crippen LogP contribution in [0.2, 0.25) is 0 Å². The van der Waals surface area contributed by atoms with Crippen molar-refractivity contribution in [3.05, 3.63) is 83.2 Å². The average Bonchev–Trinajstić information content (AvgIpc) is 2.66. The van der Waals surface area contributed by atoms with E-state index in [1.54, 1.807) is 0 Å². The number of carbonyl (C=O) groups excluding carboxylic acids is 1. The van der Waals surface area contributed by atoms with Gasteiger partial charge in [0.05, 0.1) is 0 Å². The van der Waals surface area contributed by atoms with Crippen molar-refractivity contribution in [2.75, 3.05) is 6.61 Å². The normalized spacial score (nSPS) is 19.5. The molecule has 1 aromatic carbocycles. The van der Waals surface area contributed by atoms with Gasteiger partial charge in [0.25, 0.3) is 0 Å². The Labute approximate surface area is 146 Å². The van der Waals surface area contributed by atoms with Crippen LogP contribution in [0.3, 0.4) is 0 Å². The fraction of sp³-hybridized carbons (Fsp3) is 0.250. The summed E-state index contributed by atoms with van der Waals surface area (Å²) in [6.45, 7) is 2.18. The highest BCUT2D eigenvalue weighted by Gasteiger charge is 2.24. The third kappa shape index (κ3) is 4.39. The summed E-state index contributed by atoms with van der Waals surface area (Å²) in [5, 5.41) is 9.39. The first-order valence-corrected chi connectivity index (χ1v) is 8.10. The largest absolute Gasteiger partial charge is 0.465 e. The van der Waals surface area contributed by atoms with E-state index in [2.05, 4.69) is 0 Å². The molecule has 2 aliphatic rings. The Bertz CT molecular complexity index is 756. The first-order valence-electron chi connectivity index (χ1n) is 8.10. The van der Waals surface area contributed by atoms with Crippen LogP contribution in [0.15, 0.2) is 77.7 Å². The van der Waals surface area contributed by atoms with Crippen LogP contribution in [0.1, 0.15) is 18.9 Å². The standard InChI is InChI=1S/C20H20O5/c1-14-7-16(10-21)9-17(8-14)18-12-23-13-19(25-18)20(22)24-11-15-5-3-2-4-6-15/h2-8,12-13,16,21H,9-11H2,1H3. The summed E-state index contributed by atoms with van der Waals surface area (Å²) >= 11 is 0. The van der Waals surface area contributed by atoms with Crippen molar-refractivity contribution in [3.63, 3.8) is 0 Å². The molecule has 3 rings (SSSR count). The van der Waals surface area contributed by atoms with E-state index < -0.39 is 5.97 Å². The molecule has 0 saturated carbocycles. The van der Waals surface area contributed by atoms with Crippen molar-refractivity contribution in [2.45, 2.75) is 20.0 Å². The first kappa shape index (κ1) is 17.0. The van der Waals surface area contributed by atoms with Gasteiger partial charge in [0.2, 0.25) is 5.76 Å². The molecule has 25 heavy (non-hydrogen) atoms. The van der Waals surface area contributed by atoms with Gasteiger partial charge in [-0.05, 0) is 24.5 Å². The number of aliphatic hydroxyl groups excluding tert-OH is 1. The molecule has 0 aromatic heterocycles. The summed E-state index contributed by atoms with van der Waals surface area (Å²) in [4.78, 5) is 12.2. The topological polar surface area (TPSA) is 65.0 Å². The van der Waals surface area contributed by atoms with Crippen LogP contribution in [0.25, 0.3) is 0 Å². The zero-order valence-corrected chi connectivity index (χ0v) is 14.0. The number of hydrogen-bond donors (Lipinski definition) is 1. The quantitative estimate of drug-likeness (QED) is 0.833. The van der Waals surface area contributed by atoms with Gasteiger partial charge in [-0.3, -0.25) is 0 Å². The molecule has 1 aliphatic carbocycles. The summed E-state index contributed by atoms with van der Waals surface area (Å²) in [5.41, 5.74) is 2.80. The maximum absolute atomic E-state index is 12.2. The van der Waals surface area contributed by atoms with E-state index in [0.29, 0.717) is 12.2 Å². The lowest BCUT2D eigenvalue weighted by Crippen LogP contribution is -2.16. The van der Waals surface area contributed by atoms with Crippen LogP contribution in [0, 0.1) is 5.92 Å². The molecule has 1 heterocycles. The smallest absolute Gasteiger partial charge is 0.377 e. The molecular formula is C20H20O5. The van der Waals surface area contributed by atoms with Crippen LogP contribution in [-0.4, -0.2) is 17.7 Å². The molecule has 0 saturated heterocycles. The maximum Gasteiger partial charge on any atom is 0.377 e. The molecule has 5 heteroatoms. The molecule has 0 bridgehead atoms. The van der Waals surface area contributed by atoms with E-state index in [4.69, 9.17) is 14.2 Å². The highest BCUT2D eigenvalue weighted by atomic mass is 16.6. The van der Waals surface area contributed by atoms with Gasteiger partial charge >= 0.3 is 5.97 Å². The van der Waals surface area contributed by atoms with Gasteiger partial charge in [-0.2, -0.15) is 0 Å². The second-order valence-electron chi connectivity index (χ2n) is 5.99. The van der Waals surface area contributed by atoms with Crippen molar-refractivity contribution in [1.82, 2.24) is 0 Å². The fourth-order valence-corrected chi connectivity index (χ4v) is 2.73. The van der Waals surface area contributed by atoms with Crippen molar-refractivity contribution >= 4 is 5.97 Å². The van der Waals surface area contributed by atoms with Crippen LogP contribution in [-0.2, 0) is 25.6 Å². The maximum atomic E-state index is 12.2. The lowest BCUT2D eigenvalue weighted by Gasteiger charge is -2.22. The molecule has 0 fully saturated rings. The number of benzene rings is 1. The summed E-state index contributed by atoms with van der Waals surface area (Å²) in [6.07, 6.45) is 7.27. The summed E-state index contributed by atoms with van der Waals surface area (Å²) < 4.78 is 16.2. The minimum absolute atomic E-state index is 0.00193. The molecule has 0 radical (unpaired) electrons. The molecule has 1 atom stereocenters. The van der Waals surface area contributed by atoms with E-state index in [1.807, 2.05) is 49.4 Å². The highest BCUT2D eigenvalue weighted by molar-refractivity contribution is 5.86. The van der Waals surface area contributed by atoms with E-state index >= 15 is 0 Å². The molecule has 1 aliphatic heterocycles. The predicted octanol–water partition coefficient (Wildman–Crippen LogP) is 3.34. The minimum Gasteiger partial charge on any atom is -0.465 e. The molecule has 130 valence electrons. The van der Waals surface area contributed by atoms with Gasteiger partial charge in [0, 0.05) is 12.5 Å². The minimum atomic E-state index is -0.586. The van der Waals surface area contributed by atoms with Gasteiger partial charge in [-0.1, -0.05) is 48.1 Å². The molecule has 0 spiro atoms. The zero-order valence-electron chi connectivity index (χ0n) is 14.0. The molecular weight excluding hydrogens is 320 g/mol. The second-order valence-corrected chi connectivity index (χ2v) is 5.99. The van der Waals surface area contributed by atoms with Gasteiger partial charge in [-0.15, -0.1) is 0 Å². The SMILES string of the molecule is CC1=CC(CO)CC(C2=COC=C(C(=O)OCc3ccccc3)O2)=C1. The Morgan fingerprint density at radius 3 is 2.84 bits per heavy atom. The molecule has 1 aromatic rings. The predicted molar refractivity (Wildman–Crippen MR) is 91.6 cm³/mol. The van der Waals surface area contributed by atoms with Crippen LogP contribution in [0.4, 0.5) is 0 Å². The van der Waals surface area contributed by atoms with Crippen molar-refractivity contribution in [2.24, 2.45) is 5.92 Å². The number of aliphatic hydroxyl groups is 1. The van der Waals surface area contributed by atoms with E-state index in [9.17, 15) is 9.90 Å². The fourth-order valence-electron chi connectivity index (χ4n) is 2.73. The number of allylic oxidation sites excluding steroid dienone is 3. The van der Waals surface area contributed by atoms with Crippen molar-refractivity contribution in [1.29, 1.82) is 0 Å². The van der Waals surface area contributed by atoms with Crippen molar-refractivity contribution < 1.29 is 24.1 Å². The lowest BCUT2D eigenvalue weighted by molar-refractivity contribution is -0.144. The Morgan fingerprint density at radius 1 is 1.28 bits per heavy atom. The number of rotatable bonds is 5. The van der Waals surface area contributed by atoms with Gasteiger partial charge in [0.1, 0.15) is 19.1 Å². The van der Waals surface area contributed by atoms with E-state index in [1.165, 1.54) is 12.5 Å². The molecule has 0 amide bonds. The Hall–Kier alpha value is -2.79. The van der Waals surface area contributed by atoms with Gasteiger partial charge < -0.3 is 19.3 Å². The molecule has 1 unspecified atom stereocenters. The highest BCUT2D eigenvalue weighted by Crippen LogP contribution is 2.31. The number of carbonyl (C=O) groups is 1.